The fourth-order valence-corrected chi connectivity index (χ4v) is 2.88. The molecule has 25 heavy (non-hydrogen) atoms. The van der Waals surface area contributed by atoms with Gasteiger partial charge in [0.25, 0.3) is 0 Å². The number of aromatic nitrogens is 2. The van der Waals surface area contributed by atoms with Gasteiger partial charge in [-0.15, -0.1) is 0 Å². The molecule has 0 radical (unpaired) electrons. The van der Waals surface area contributed by atoms with Gasteiger partial charge < -0.3 is 19.8 Å². The molecular formula is C18H24N4O3. The van der Waals surface area contributed by atoms with E-state index in [-0.39, 0.29) is 0 Å². The zero-order valence-corrected chi connectivity index (χ0v) is 14.2. The Kier molecular flexibility index (Phi) is 6.03. The largest absolute Gasteiger partial charge is 0.493 e. The van der Waals surface area contributed by atoms with Crippen molar-refractivity contribution in [1.82, 2.24) is 14.5 Å². The highest BCUT2D eigenvalue weighted by Gasteiger charge is 2.25. The molecule has 1 aliphatic rings. The van der Waals surface area contributed by atoms with Crippen LogP contribution in [0, 0.1) is 0 Å². The van der Waals surface area contributed by atoms with Crippen LogP contribution in [0.15, 0.2) is 43.0 Å². The molecular weight excluding hydrogens is 320 g/mol. The molecule has 1 aromatic heterocycles. The number of nitrogens with zero attached hydrogens (tertiary/aromatic N) is 3. The first-order valence-corrected chi connectivity index (χ1v) is 8.52. The van der Waals surface area contributed by atoms with E-state index in [2.05, 4.69) is 16.0 Å². The second-order valence-corrected chi connectivity index (χ2v) is 6.11. The number of rotatable bonds is 8. The first kappa shape index (κ1) is 17.4. The zero-order chi connectivity index (χ0) is 17.5. The molecule has 1 atom stereocenters. The average molecular weight is 344 g/mol. The van der Waals surface area contributed by atoms with Crippen molar-refractivity contribution in [3.05, 3.63) is 48.5 Å². The topological polar surface area (TPSA) is 82.6 Å². The molecule has 1 aliphatic heterocycles. The van der Waals surface area contributed by atoms with Crippen LogP contribution >= 0.6 is 0 Å². The van der Waals surface area contributed by atoms with Gasteiger partial charge >= 0.3 is 0 Å². The number of ether oxygens (including phenoxy) is 2. The van der Waals surface area contributed by atoms with Crippen LogP contribution in [0.4, 0.5) is 0 Å². The van der Waals surface area contributed by atoms with Gasteiger partial charge in [-0.2, -0.15) is 0 Å². The normalized spacial score (nSPS) is 18.2. The lowest BCUT2D eigenvalue weighted by Gasteiger charge is -2.31. The summed E-state index contributed by atoms with van der Waals surface area (Å²) in [6.07, 6.45) is 5.91. The molecule has 1 aromatic carbocycles. The van der Waals surface area contributed by atoms with E-state index in [1.54, 1.807) is 6.20 Å². The molecule has 7 nitrogen and oxygen atoms in total. The number of carbonyl (C=O) groups excluding carboxylic acids is 1. The van der Waals surface area contributed by atoms with E-state index < -0.39 is 12.0 Å². The Morgan fingerprint density at radius 3 is 3.08 bits per heavy atom. The molecule has 7 heteroatoms. The minimum atomic E-state index is -0.531. The second-order valence-electron chi connectivity index (χ2n) is 6.11. The number of benzene rings is 1. The van der Waals surface area contributed by atoms with E-state index in [0.29, 0.717) is 26.3 Å². The van der Waals surface area contributed by atoms with Gasteiger partial charge in [0.2, 0.25) is 5.91 Å². The van der Waals surface area contributed by atoms with E-state index in [1.807, 2.05) is 35.3 Å². The summed E-state index contributed by atoms with van der Waals surface area (Å²) >= 11 is 0. The van der Waals surface area contributed by atoms with E-state index in [0.717, 1.165) is 30.8 Å². The number of para-hydroxylation sites is 1. The highest BCUT2D eigenvalue weighted by Crippen LogP contribution is 2.21. The van der Waals surface area contributed by atoms with Crippen molar-refractivity contribution in [2.75, 3.05) is 26.3 Å². The van der Waals surface area contributed by atoms with E-state index in [4.69, 9.17) is 15.2 Å². The van der Waals surface area contributed by atoms with Crippen LogP contribution in [0.1, 0.15) is 12.0 Å². The highest BCUT2D eigenvalue weighted by atomic mass is 16.5. The van der Waals surface area contributed by atoms with Crippen molar-refractivity contribution >= 4 is 5.91 Å². The Morgan fingerprint density at radius 1 is 1.40 bits per heavy atom. The number of morpholine rings is 1. The number of hydrogen-bond donors (Lipinski definition) is 1. The summed E-state index contributed by atoms with van der Waals surface area (Å²) in [5.74, 6) is 0.476. The molecule has 2 aromatic rings. The summed E-state index contributed by atoms with van der Waals surface area (Å²) in [5, 5.41) is 0. The van der Waals surface area contributed by atoms with Crippen molar-refractivity contribution in [3.8, 4) is 5.75 Å². The Balaban J connectivity index is 1.52. The molecule has 2 N–H and O–H groups in total. The highest BCUT2D eigenvalue weighted by molar-refractivity contribution is 5.79. The maximum Gasteiger partial charge on any atom is 0.247 e. The first-order valence-electron chi connectivity index (χ1n) is 8.52. The lowest BCUT2D eigenvalue weighted by molar-refractivity contribution is -0.135. The third kappa shape index (κ3) is 5.04. The SMILES string of the molecule is NC(=O)C1CN(Cc2ccccc2OCCCn2ccnc2)CCO1. The maximum atomic E-state index is 11.3. The number of primary amides is 1. The fourth-order valence-electron chi connectivity index (χ4n) is 2.88. The monoisotopic (exact) mass is 344 g/mol. The molecule has 1 saturated heterocycles. The zero-order valence-electron chi connectivity index (χ0n) is 14.2. The van der Waals surface area contributed by atoms with Crippen LogP contribution in [0.25, 0.3) is 0 Å². The predicted octanol–water partition coefficient (Wildman–Crippen LogP) is 1.04. The summed E-state index contributed by atoms with van der Waals surface area (Å²) in [7, 11) is 0. The van der Waals surface area contributed by atoms with Crippen LogP contribution in [-0.2, 0) is 22.6 Å². The van der Waals surface area contributed by atoms with Crippen molar-refractivity contribution in [2.24, 2.45) is 5.73 Å². The van der Waals surface area contributed by atoms with Crippen molar-refractivity contribution in [1.29, 1.82) is 0 Å². The first-order chi connectivity index (χ1) is 12.2. The second kappa shape index (κ2) is 8.64. The van der Waals surface area contributed by atoms with Crippen LogP contribution in [0.3, 0.4) is 0 Å². The molecule has 0 aliphatic carbocycles. The van der Waals surface area contributed by atoms with Gasteiger partial charge in [-0.25, -0.2) is 4.98 Å². The van der Waals surface area contributed by atoms with Gasteiger partial charge in [0.1, 0.15) is 11.9 Å². The van der Waals surface area contributed by atoms with Crippen molar-refractivity contribution < 1.29 is 14.3 Å². The third-order valence-electron chi connectivity index (χ3n) is 4.21. The molecule has 0 bridgehead atoms. The van der Waals surface area contributed by atoms with Crippen molar-refractivity contribution in [2.45, 2.75) is 25.6 Å². The summed E-state index contributed by atoms with van der Waals surface area (Å²) in [4.78, 5) is 17.5. The van der Waals surface area contributed by atoms with Gasteiger partial charge in [0, 0.05) is 44.1 Å². The standard InChI is InChI=1S/C18H24N4O3/c19-18(23)17-13-22(9-11-25-17)12-15-4-1-2-5-16(15)24-10-3-7-21-8-6-20-14-21/h1-2,4-6,8,14,17H,3,7,9-13H2,(H2,19,23). The lowest BCUT2D eigenvalue weighted by atomic mass is 10.1. The number of carbonyl (C=O) groups is 1. The molecule has 3 rings (SSSR count). The maximum absolute atomic E-state index is 11.3. The molecule has 0 saturated carbocycles. The van der Waals surface area contributed by atoms with Crippen LogP contribution in [0.5, 0.6) is 5.75 Å². The Hall–Kier alpha value is -2.38. The number of aryl methyl sites for hydroxylation is 1. The number of hydrogen-bond acceptors (Lipinski definition) is 5. The Labute approximate surface area is 147 Å². The van der Waals surface area contributed by atoms with Crippen LogP contribution in [0.2, 0.25) is 0 Å². The van der Waals surface area contributed by atoms with E-state index >= 15 is 0 Å². The fraction of sp³-hybridized carbons (Fsp3) is 0.444. The minimum Gasteiger partial charge on any atom is -0.493 e. The van der Waals surface area contributed by atoms with Crippen LogP contribution < -0.4 is 10.5 Å². The quantitative estimate of drug-likeness (QED) is 0.724. The summed E-state index contributed by atoms with van der Waals surface area (Å²) in [5.41, 5.74) is 6.46. The molecule has 1 fully saturated rings. The Morgan fingerprint density at radius 2 is 2.28 bits per heavy atom. The summed E-state index contributed by atoms with van der Waals surface area (Å²) < 4.78 is 13.4. The van der Waals surface area contributed by atoms with Gasteiger partial charge in [0.05, 0.1) is 19.5 Å². The number of nitrogens with two attached hydrogens (primary N) is 1. The number of imidazole rings is 1. The summed E-state index contributed by atoms with van der Waals surface area (Å²) in [6.45, 7) is 4.05. The van der Waals surface area contributed by atoms with Gasteiger partial charge in [0.15, 0.2) is 0 Å². The molecule has 0 spiro atoms. The van der Waals surface area contributed by atoms with E-state index in [9.17, 15) is 4.79 Å². The minimum absolute atomic E-state index is 0.409. The van der Waals surface area contributed by atoms with E-state index in [1.165, 1.54) is 0 Å². The van der Waals surface area contributed by atoms with Gasteiger partial charge in [-0.1, -0.05) is 18.2 Å². The van der Waals surface area contributed by atoms with Crippen molar-refractivity contribution in [3.63, 3.8) is 0 Å². The predicted molar refractivity (Wildman–Crippen MR) is 93.0 cm³/mol. The van der Waals surface area contributed by atoms with Crippen LogP contribution in [-0.4, -0.2) is 52.8 Å². The molecule has 1 amide bonds. The molecule has 2 heterocycles. The third-order valence-corrected chi connectivity index (χ3v) is 4.21. The molecule has 1 unspecified atom stereocenters. The van der Waals surface area contributed by atoms with Gasteiger partial charge in [-0.05, 0) is 12.5 Å². The Bertz CT molecular complexity index is 675. The average Bonchev–Trinajstić information content (AvgIpc) is 3.14. The number of amides is 1. The molecule has 134 valence electrons. The smallest absolute Gasteiger partial charge is 0.247 e. The lowest BCUT2D eigenvalue weighted by Crippen LogP contribution is -2.47. The summed E-state index contributed by atoms with van der Waals surface area (Å²) in [6, 6.07) is 8.01. The van der Waals surface area contributed by atoms with Gasteiger partial charge in [-0.3, -0.25) is 9.69 Å².